The van der Waals surface area contributed by atoms with E-state index in [4.69, 9.17) is 18.9 Å². The first-order valence-corrected chi connectivity index (χ1v) is 12.6. The van der Waals surface area contributed by atoms with Gasteiger partial charge in [-0.1, -0.05) is 0 Å². The van der Waals surface area contributed by atoms with Gasteiger partial charge in [-0.15, -0.1) is 0 Å². The van der Waals surface area contributed by atoms with Gasteiger partial charge in [0.2, 0.25) is 0 Å². The van der Waals surface area contributed by atoms with Gasteiger partial charge in [0.25, 0.3) is 5.91 Å². The van der Waals surface area contributed by atoms with Gasteiger partial charge >= 0.3 is 5.97 Å². The molecular weight excluding hydrogens is 532 g/mol. The molecule has 3 aromatic rings. The van der Waals surface area contributed by atoms with Crippen LogP contribution >= 0.6 is 0 Å². The lowest BCUT2D eigenvalue weighted by Crippen LogP contribution is -2.34. The minimum Gasteiger partial charge on any atom is -0.493 e. The number of carbonyl (C=O) groups excluding carboxylic acids is 2. The molecule has 1 aromatic heterocycles. The number of esters is 1. The van der Waals surface area contributed by atoms with Crippen molar-refractivity contribution in [1.29, 1.82) is 0 Å². The highest BCUT2D eigenvalue weighted by molar-refractivity contribution is 5.99. The monoisotopic (exact) mass is 561 g/mol. The summed E-state index contributed by atoms with van der Waals surface area (Å²) >= 11 is 0. The van der Waals surface area contributed by atoms with Crippen LogP contribution < -0.4 is 9.47 Å². The van der Waals surface area contributed by atoms with E-state index in [9.17, 15) is 28.6 Å². The second-order valence-electron chi connectivity index (χ2n) is 9.96. The Labute approximate surface area is 227 Å². The molecule has 3 heterocycles. The van der Waals surface area contributed by atoms with Crippen LogP contribution in [0.4, 0.5) is 8.78 Å². The van der Waals surface area contributed by atoms with Crippen molar-refractivity contribution in [2.45, 2.75) is 50.9 Å². The first kappa shape index (κ1) is 27.7. The van der Waals surface area contributed by atoms with Crippen LogP contribution in [0.1, 0.15) is 47.4 Å². The number of nitrogens with zero attached hydrogens (tertiary/aromatic N) is 3. The number of aliphatic hydroxyl groups is 2. The van der Waals surface area contributed by atoms with Crippen molar-refractivity contribution in [3.05, 3.63) is 52.9 Å². The lowest BCUT2D eigenvalue weighted by atomic mass is 10.0. The highest BCUT2D eigenvalue weighted by atomic mass is 19.1. The largest absolute Gasteiger partial charge is 0.493 e. The topological polar surface area (TPSA) is 133 Å². The third-order valence-electron chi connectivity index (χ3n) is 6.92. The fraction of sp³-hybridized carbons (Fsp3) is 0.444. The lowest BCUT2D eigenvalue weighted by Gasteiger charge is -2.27. The highest BCUT2D eigenvalue weighted by Crippen LogP contribution is 2.41. The van der Waals surface area contributed by atoms with E-state index in [0.29, 0.717) is 11.3 Å². The molecule has 1 fully saturated rings. The molecule has 5 rings (SSSR count). The van der Waals surface area contributed by atoms with E-state index >= 15 is 0 Å². The van der Waals surface area contributed by atoms with Gasteiger partial charge in [0.05, 0.1) is 17.7 Å². The number of aromatic nitrogens is 2. The predicted molar refractivity (Wildman–Crippen MR) is 135 cm³/mol. The van der Waals surface area contributed by atoms with Crippen LogP contribution in [0.15, 0.2) is 24.3 Å². The van der Waals surface area contributed by atoms with E-state index in [2.05, 4.69) is 4.98 Å². The van der Waals surface area contributed by atoms with Crippen LogP contribution in [-0.4, -0.2) is 82.2 Å². The smallest absolute Gasteiger partial charge is 0.302 e. The fourth-order valence-electron chi connectivity index (χ4n) is 5.04. The van der Waals surface area contributed by atoms with Crippen LogP contribution in [0.5, 0.6) is 11.5 Å². The minimum absolute atomic E-state index is 0.0301. The summed E-state index contributed by atoms with van der Waals surface area (Å²) in [5, 5.41) is 21.4. The van der Waals surface area contributed by atoms with Crippen molar-refractivity contribution < 1.29 is 47.5 Å². The minimum atomic E-state index is -1.42. The Morgan fingerprint density at radius 1 is 1.18 bits per heavy atom. The first-order chi connectivity index (χ1) is 19.0. The Morgan fingerprint density at radius 2 is 1.93 bits per heavy atom. The van der Waals surface area contributed by atoms with Crippen molar-refractivity contribution in [1.82, 2.24) is 14.5 Å². The number of ether oxygens (including phenoxy) is 4. The molecule has 2 aliphatic rings. The van der Waals surface area contributed by atoms with Crippen LogP contribution in [0.25, 0.3) is 11.0 Å². The first-order valence-electron chi connectivity index (χ1n) is 12.6. The predicted octanol–water partition coefficient (Wildman–Crippen LogP) is 2.41. The van der Waals surface area contributed by atoms with Crippen LogP contribution in [0, 0.1) is 18.6 Å². The highest BCUT2D eigenvalue weighted by Gasteiger charge is 2.45. The van der Waals surface area contributed by atoms with E-state index < -0.39 is 48.2 Å². The fourth-order valence-corrected chi connectivity index (χ4v) is 5.04. The number of amides is 1. The Morgan fingerprint density at radius 3 is 2.62 bits per heavy atom. The van der Waals surface area contributed by atoms with Gasteiger partial charge in [-0.2, -0.15) is 0 Å². The molecule has 40 heavy (non-hydrogen) atoms. The molecule has 1 unspecified atom stereocenters. The summed E-state index contributed by atoms with van der Waals surface area (Å²) < 4.78 is 52.7. The van der Waals surface area contributed by atoms with E-state index in [1.165, 1.54) is 22.5 Å². The third kappa shape index (κ3) is 4.95. The number of benzene rings is 2. The molecule has 1 amide bonds. The van der Waals surface area contributed by atoms with Crippen molar-refractivity contribution in [3.63, 3.8) is 0 Å². The number of hydrogen-bond acceptors (Lipinski definition) is 9. The number of rotatable bonds is 6. The van der Waals surface area contributed by atoms with Gasteiger partial charge in [0.15, 0.2) is 6.23 Å². The molecule has 0 spiro atoms. The summed E-state index contributed by atoms with van der Waals surface area (Å²) in [6, 6.07) is 4.88. The standard InChI is InChI=1S/C27H29F2N3O8/c1-12-30-23-17(32(12)27-25(35)24(34)21(40-27)11-38-13(2)33)7-14(26(36)31(3)4)8-20(23)39-18-5-6-37-19-10-15(28)9-16(29)22(18)19/h7-10,18,21,24-25,27,34-35H,5-6,11H2,1-4H3/t18-,21+,24-,25+,27?/m0/s1. The number of fused-ring (bicyclic) bond motifs is 2. The van der Waals surface area contributed by atoms with Crippen LogP contribution in [-0.2, 0) is 14.3 Å². The molecule has 0 radical (unpaired) electrons. The Hall–Kier alpha value is -3.81. The molecule has 2 aromatic carbocycles. The summed E-state index contributed by atoms with van der Waals surface area (Å²) in [4.78, 5) is 30.2. The summed E-state index contributed by atoms with van der Waals surface area (Å²) in [6.07, 6.45) is -5.55. The molecule has 13 heteroatoms. The van der Waals surface area contributed by atoms with Gasteiger partial charge in [-0.25, -0.2) is 13.8 Å². The maximum atomic E-state index is 14.8. The van der Waals surface area contributed by atoms with E-state index in [1.807, 2.05) is 0 Å². The average molecular weight is 562 g/mol. The van der Waals surface area contributed by atoms with Crippen molar-refractivity contribution >= 4 is 22.9 Å². The van der Waals surface area contributed by atoms with Crippen molar-refractivity contribution in [2.75, 3.05) is 27.3 Å². The molecule has 1 saturated heterocycles. The van der Waals surface area contributed by atoms with E-state index in [1.54, 1.807) is 27.1 Å². The summed E-state index contributed by atoms with van der Waals surface area (Å²) in [5.74, 6) is -2.00. The molecule has 5 atom stereocenters. The number of hydrogen-bond donors (Lipinski definition) is 2. The number of halogens is 2. The second kappa shape index (κ2) is 10.6. The molecule has 11 nitrogen and oxygen atoms in total. The summed E-state index contributed by atoms with van der Waals surface area (Å²) in [6.45, 7) is 2.74. The lowest BCUT2D eigenvalue weighted by molar-refractivity contribution is -0.147. The quantitative estimate of drug-likeness (QED) is 0.436. The summed E-state index contributed by atoms with van der Waals surface area (Å²) in [5.41, 5.74) is 0.894. The molecule has 2 aliphatic heterocycles. The van der Waals surface area contributed by atoms with Crippen LogP contribution in [0.2, 0.25) is 0 Å². The number of aliphatic hydroxyl groups excluding tert-OH is 2. The van der Waals surface area contributed by atoms with Gasteiger partial charge in [0.1, 0.15) is 65.5 Å². The van der Waals surface area contributed by atoms with Gasteiger partial charge in [0, 0.05) is 45.1 Å². The Bertz CT molecular complexity index is 1480. The van der Waals surface area contributed by atoms with E-state index in [0.717, 1.165) is 12.1 Å². The normalized spacial score (nSPS) is 23.9. The number of imidazole rings is 1. The maximum Gasteiger partial charge on any atom is 0.302 e. The number of aryl methyl sites for hydroxylation is 1. The van der Waals surface area contributed by atoms with E-state index in [-0.39, 0.29) is 53.7 Å². The zero-order valence-electron chi connectivity index (χ0n) is 22.3. The number of carbonyl (C=O) groups is 2. The molecular formula is C27H29F2N3O8. The average Bonchev–Trinajstić information content (AvgIpc) is 3.36. The zero-order chi connectivity index (χ0) is 28.9. The Kier molecular flexibility index (Phi) is 7.38. The van der Waals surface area contributed by atoms with Gasteiger partial charge in [-0.3, -0.25) is 14.2 Å². The van der Waals surface area contributed by atoms with Gasteiger partial charge < -0.3 is 34.1 Å². The molecule has 214 valence electrons. The molecule has 0 aliphatic carbocycles. The third-order valence-corrected chi connectivity index (χ3v) is 6.92. The van der Waals surface area contributed by atoms with Crippen molar-refractivity contribution in [3.8, 4) is 11.5 Å². The molecule has 2 N–H and O–H groups in total. The summed E-state index contributed by atoms with van der Waals surface area (Å²) in [7, 11) is 3.15. The zero-order valence-corrected chi connectivity index (χ0v) is 22.3. The Balaban J connectivity index is 1.60. The second-order valence-corrected chi connectivity index (χ2v) is 9.96. The van der Waals surface area contributed by atoms with Crippen molar-refractivity contribution in [2.24, 2.45) is 0 Å². The van der Waals surface area contributed by atoms with Crippen LogP contribution in [0.3, 0.4) is 0 Å². The molecule has 0 saturated carbocycles. The molecule has 0 bridgehead atoms. The SMILES string of the molecule is CC(=O)OC[C@H]1OC(n2c(C)nc3c(O[C@H]4CCOc5cc(F)cc(F)c54)cc(C(=O)N(C)C)cc32)[C@H](O)[C@H]1O. The maximum absolute atomic E-state index is 14.8. The van der Waals surface area contributed by atoms with Gasteiger partial charge in [-0.05, 0) is 19.1 Å².